The molecule has 0 atom stereocenters. The van der Waals surface area contributed by atoms with Gasteiger partial charge in [0.25, 0.3) is 6.47 Å². The normalized spacial score (nSPS) is 9.89. The number of halogens is 1. The summed E-state index contributed by atoms with van der Waals surface area (Å²) in [5.41, 5.74) is 1.93. The van der Waals surface area contributed by atoms with Crippen LogP contribution in [-0.4, -0.2) is 6.47 Å². The van der Waals surface area contributed by atoms with E-state index in [2.05, 4.69) is 5.32 Å². The summed E-state index contributed by atoms with van der Waals surface area (Å²) in [6.45, 7) is 2.06. The van der Waals surface area contributed by atoms with Gasteiger partial charge in [0.1, 0.15) is 5.82 Å². The molecule has 18 heavy (non-hydrogen) atoms. The van der Waals surface area contributed by atoms with Gasteiger partial charge in [0.05, 0.1) is 5.69 Å². The van der Waals surface area contributed by atoms with Crippen LogP contribution in [0.1, 0.15) is 5.56 Å². The van der Waals surface area contributed by atoms with Crippen LogP contribution in [-0.2, 0) is 4.79 Å². The average Bonchev–Trinajstić information content (AvgIpc) is 2.37. The maximum Gasteiger partial charge on any atom is 0.298 e. The van der Waals surface area contributed by atoms with Gasteiger partial charge in [0.2, 0.25) is 0 Å². The number of benzene rings is 2. The van der Waals surface area contributed by atoms with E-state index in [4.69, 9.17) is 4.74 Å². The number of carbonyl (C=O) groups is 1. The molecule has 0 unspecified atom stereocenters. The lowest BCUT2D eigenvalue weighted by atomic mass is 10.2. The number of rotatable bonds is 4. The minimum absolute atomic E-state index is 0.252. The van der Waals surface area contributed by atoms with E-state index in [9.17, 15) is 9.18 Å². The number of hydrogen-bond acceptors (Lipinski definition) is 3. The maximum atomic E-state index is 13.1. The molecule has 0 spiro atoms. The molecule has 0 radical (unpaired) electrons. The van der Waals surface area contributed by atoms with Crippen LogP contribution in [0.5, 0.6) is 5.75 Å². The lowest BCUT2D eigenvalue weighted by Crippen LogP contribution is -1.97. The number of hydrogen-bond donors (Lipinski definition) is 1. The molecule has 0 aliphatic heterocycles. The standard InChI is InChI=1S/C14H12FNO2/c1-10-8-11(6-7-12(10)15)16-13-4-2-3-5-14(13)18-9-17/h2-9,16H,1H3. The van der Waals surface area contributed by atoms with Crippen LogP contribution in [0.15, 0.2) is 42.5 Å². The first-order chi connectivity index (χ1) is 8.70. The van der Waals surface area contributed by atoms with Gasteiger partial charge in [0.15, 0.2) is 5.75 Å². The van der Waals surface area contributed by atoms with Crippen molar-refractivity contribution in [2.24, 2.45) is 0 Å². The number of carbonyl (C=O) groups excluding carboxylic acids is 1. The van der Waals surface area contributed by atoms with E-state index in [0.717, 1.165) is 5.69 Å². The van der Waals surface area contributed by atoms with Crippen molar-refractivity contribution < 1.29 is 13.9 Å². The molecular formula is C14H12FNO2. The second-order valence-electron chi connectivity index (χ2n) is 3.80. The van der Waals surface area contributed by atoms with Gasteiger partial charge in [-0.25, -0.2) is 4.39 Å². The van der Waals surface area contributed by atoms with Crippen LogP contribution >= 0.6 is 0 Å². The zero-order chi connectivity index (χ0) is 13.0. The molecule has 1 N–H and O–H groups in total. The van der Waals surface area contributed by atoms with Gasteiger partial charge >= 0.3 is 0 Å². The van der Waals surface area contributed by atoms with E-state index < -0.39 is 0 Å². The molecule has 3 nitrogen and oxygen atoms in total. The fraction of sp³-hybridized carbons (Fsp3) is 0.0714. The smallest absolute Gasteiger partial charge is 0.298 e. The predicted molar refractivity (Wildman–Crippen MR) is 67.6 cm³/mol. The largest absolute Gasteiger partial charge is 0.427 e. The summed E-state index contributed by atoms with van der Waals surface area (Å²) in [4.78, 5) is 10.4. The van der Waals surface area contributed by atoms with E-state index in [-0.39, 0.29) is 5.82 Å². The van der Waals surface area contributed by atoms with Gasteiger partial charge in [-0.05, 0) is 42.8 Å². The zero-order valence-corrected chi connectivity index (χ0v) is 9.81. The second kappa shape index (κ2) is 5.31. The Bertz CT molecular complexity index is 569. The van der Waals surface area contributed by atoms with Crippen LogP contribution in [0.4, 0.5) is 15.8 Å². The molecule has 0 saturated heterocycles. The number of ether oxygens (including phenoxy) is 1. The van der Waals surface area contributed by atoms with E-state index in [1.165, 1.54) is 6.07 Å². The Balaban J connectivity index is 2.27. The molecule has 92 valence electrons. The fourth-order valence-electron chi connectivity index (χ4n) is 1.60. The van der Waals surface area contributed by atoms with Gasteiger partial charge in [-0.3, -0.25) is 4.79 Å². The number of aryl methyl sites for hydroxylation is 1. The van der Waals surface area contributed by atoms with Gasteiger partial charge in [-0.2, -0.15) is 0 Å². The van der Waals surface area contributed by atoms with Crippen molar-refractivity contribution in [1.29, 1.82) is 0 Å². The summed E-state index contributed by atoms with van der Waals surface area (Å²) in [6, 6.07) is 11.7. The molecule has 0 amide bonds. The highest BCUT2D eigenvalue weighted by molar-refractivity contribution is 5.68. The lowest BCUT2D eigenvalue weighted by Gasteiger charge is -2.10. The molecule has 0 saturated carbocycles. The van der Waals surface area contributed by atoms with Gasteiger partial charge in [-0.1, -0.05) is 12.1 Å². The third kappa shape index (κ3) is 2.66. The Kier molecular flexibility index (Phi) is 3.57. The highest BCUT2D eigenvalue weighted by Crippen LogP contribution is 2.27. The molecule has 2 aromatic rings. The molecular weight excluding hydrogens is 233 g/mol. The molecule has 0 aliphatic carbocycles. The molecule has 0 fully saturated rings. The zero-order valence-electron chi connectivity index (χ0n) is 9.81. The Morgan fingerprint density at radius 2 is 2.00 bits per heavy atom. The maximum absolute atomic E-state index is 13.1. The molecule has 0 aliphatic rings. The summed E-state index contributed by atoms with van der Waals surface area (Å²) in [6.07, 6.45) is 0. The Morgan fingerprint density at radius 3 is 2.72 bits per heavy atom. The molecule has 0 bridgehead atoms. The van der Waals surface area contributed by atoms with E-state index in [1.807, 2.05) is 6.07 Å². The first-order valence-electron chi connectivity index (χ1n) is 5.43. The SMILES string of the molecule is Cc1cc(Nc2ccccc2OC=O)ccc1F. The van der Waals surface area contributed by atoms with Gasteiger partial charge in [-0.15, -0.1) is 0 Å². The van der Waals surface area contributed by atoms with Crippen molar-refractivity contribution in [1.82, 2.24) is 0 Å². The van der Waals surface area contributed by atoms with Crippen LogP contribution in [0.2, 0.25) is 0 Å². The van der Waals surface area contributed by atoms with Crippen molar-refractivity contribution in [3.8, 4) is 5.75 Å². The second-order valence-corrected chi connectivity index (χ2v) is 3.80. The van der Waals surface area contributed by atoms with Crippen LogP contribution < -0.4 is 10.1 Å². The van der Waals surface area contributed by atoms with E-state index in [1.54, 1.807) is 37.3 Å². The third-order valence-corrected chi connectivity index (χ3v) is 2.50. The van der Waals surface area contributed by atoms with Crippen molar-refractivity contribution in [2.75, 3.05) is 5.32 Å². The lowest BCUT2D eigenvalue weighted by molar-refractivity contribution is -0.120. The summed E-state index contributed by atoms with van der Waals surface area (Å²) in [7, 11) is 0. The summed E-state index contributed by atoms with van der Waals surface area (Å²) < 4.78 is 18.0. The van der Waals surface area contributed by atoms with E-state index >= 15 is 0 Å². The summed E-state index contributed by atoms with van der Waals surface area (Å²) in [5.74, 6) is 0.174. The molecule has 2 rings (SSSR count). The molecule has 0 aromatic heterocycles. The number of anilines is 2. The first-order valence-corrected chi connectivity index (χ1v) is 5.43. The molecule has 4 heteroatoms. The van der Waals surface area contributed by atoms with E-state index in [0.29, 0.717) is 23.5 Å². The third-order valence-electron chi connectivity index (χ3n) is 2.50. The van der Waals surface area contributed by atoms with Crippen LogP contribution in [0.25, 0.3) is 0 Å². The Morgan fingerprint density at radius 1 is 1.22 bits per heavy atom. The highest BCUT2D eigenvalue weighted by atomic mass is 19.1. The minimum Gasteiger partial charge on any atom is -0.427 e. The van der Waals surface area contributed by atoms with Gasteiger partial charge < -0.3 is 10.1 Å². The minimum atomic E-state index is -0.252. The van der Waals surface area contributed by atoms with Crippen LogP contribution in [0, 0.1) is 12.7 Å². The average molecular weight is 245 g/mol. The Labute approximate surface area is 104 Å². The fourth-order valence-corrected chi connectivity index (χ4v) is 1.60. The van der Waals surface area contributed by atoms with Crippen LogP contribution in [0.3, 0.4) is 0 Å². The predicted octanol–water partition coefficient (Wildman–Crippen LogP) is 3.41. The number of nitrogens with one attached hydrogen (secondary N) is 1. The Hall–Kier alpha value is -2.36. The first kappa shape index (κ1) is 12.1. The summed E-state index contributed by atoms with van der Waals surface area (Å²) in [5, 5.41) is 3.07. The number of para-hydroxylation sites is 2. The quantitative estimate of drug-likeness (QED) is 0.839. The monoisotopic (exact) mass is 245 g/mol. The van der Waals surface area contributed by atoms with Crippen molar-refractivity contribution in [3.63, 3.8) is 0 Å². The van der Waals surface area contributed by atoms with Gasteiger partial charge in [0, 0.05) is 5.69 Å². The topological polar surface area (TPSA) is 38.3 Å². The van der Waals surface area contributed by atoms with Crippen molar-refractivity contribution in [3.05, 3.63) is 53.8 Å². The molecule has 2 aromatic carbocycles. The summed E-state index contributed by atoms with van der Waals surface area (Å²) >= 11 is 0. The van der Waals surface area contributed by atoms with Crippen molar-refractivity contribution in [2.45, 2.75) is 6.92 Å². The molecule has 0 heterocycles. The van der Waals surface area contributed by atoms with Crippen molar-refractivity contribution >= 4 is 17.8 Å². The highest BCUT2D eigenvalue weighted by Gasteiger charge is 2.04.